The van der Waals surface area contributed by atoms with Crippen LogP contribution in [0.15, 0.2) is 12.2 Å². The van der Waals surface area contributed by atoms with Crippen molar-refractivity contribution in [1.82, 2.24) is 9.80 Å². The molecule has 0 aromatic heterocycles. The highest BCUT2D eigenvalue weighted by Gasteiger charge is 2.18. The minimum absolute atomic E-state index is 0.656. The second-order valence-corrected chi connectivity index (χ2v) is 3.80. The fourth-order valence-electron chi connectivity index (χ4n) is 1.61. The summed E-state index contributed by atoms with van der Waals surface area (Å²) in [6, 6.07) is 0.681. The molecule has 0 spiro atoms. The van der Waals surface area contributed by atoms with Gasteiger partial charge < -0.3 is 10.6 Å². The van der Waals surface area contributed by atoms with Crippen molar-refractivity contribution in [3.63, 3.8) is 0 Å². The van der Waals surface area contributed by atoms with Gasteiger partial charge >= 0.3 is 0 Å². The molecule has 0 amide bonds. The second-order valence-electron chi connectivity index (χ2n) is 3.80. The molecule has 0 radical (unpaired) electrons. The first-order valence-corrected chi connectivity index (χ1v) is 5.01. The molecule has 1 saturated heterocycles. The van der Waals surface area contributed by atoms with Gasteiger partial charge in [-0.2, -0.15) is 0 Å². The van der Waals surface area contributed by atoms with Crippen LogP contribution in [0.25, 0.3) is 0 Å². The molecule has 76 valence electrons. The van der Waals surface area contributed by atoms with Crippen LogP contribution in [0.3, 0.4) is 0 Å². The maximum Gasteiger partial charge on any atom is 0.0192 e. The van der Waals surface area contributed by atoms with Gasteiger partial charge in [0.25, 0.3) is 0 Å². The lowest BCUT2D eigenvalue weighted by Gasteiger charge is -2.37. The first kappa shape index (κ1) is 10.7. The molecule has 0 aromatic rings. The van der Waals surface area contributed by atoms with Crippen LogP contribution in [-0.2, 0) is 0 Å². The van der Waals surface area contributed by atoms with E-state index in [4.69, 9.17) is 5.73 Å². The minimum atomic E-state index is 0.656. The van der Waals surface area contributed by atoms with Gasteiger partial charge in [0.05, 0.1) is 0 Å². The molecule has 1 rings (SSSR count). The third-order valence-corrected chi connectivity index (χ3v) is 2.71. The van der Waals surface area contributed by atoms with Crippen LogP contribution in [0.2, 0.25) is 0 Å². The summed E-state index contributed by atoms with van der Waals surface area (Å²) in [5, 5.41) is 0. The molecule has 0 aromatic carbocycles. The molecule has 0 saturated carbocycles. The molecule has 1 atom stereocenters. The Hall–Kier alpha value is -0.380. The van der Waals surface area contributed by atoms with Gasteiger partial charge in [0.2, 0.25) is 0 Å². The van der Waals surface area contributed by atoms with Gasteiger partial charge in [-0.05, 0) is 14.0 Å². The summed E-state index contributed by atoms with van der Waals surface area (Å²) >= 11 is 0. The van der Waals surface area contributed by atoms with Gasteiger partial charge in [0.15, 0.2) is 0 Å². The first-order chi connectivity index (χ1) is 6.24. The summed E-state index contributed by atoms with van der Waals surface area (Å²) in [5.41, 5.74) is 5.38. The highest BCUT2D eigenvalue weighted by molar-refractivity contribution is 4.88. The smallest absolute Gasteiger partial charge is 0.0192 e. The van der Waals surface area contributed by atoms with Crippen LogP contribution < -0.4 is 5.73 Å². The normalized spacial score (nSPS) is 27.2. The number of likely N-dealkylation sites (N-methyl/N-ethyl adjacent to an activating group) is 1. The van der Waals surface area contributed by atoms with Crippen molar-refractivity contribution in [3.05, 3.63) is 12.2 Å². The summed E-state index contributed by atoms with van der Waals surface area (Å²) in [6.07, 6.45) is 4.20. The molecular weight excluding hydrogens is 162 g/mol. The Kier molecular flexibility index (Phi) is 4.42. The van der Waals surface area contributed by atoms with E-state index in [1.807, 2.05) is 6.08 Å². The van der Waals surface area contributed by atoms with E-state index in [0.717, 1.165) is 6.54 Å². The lowest BCUT2D eigenvalue weighted by Crippen LogP contribution is -2.49. The van der Waals surface area contributed by atoms with Crippen LogP contribution >= 0.6 is 0 Å². The second kappa shape index (κ2) is 5.37. The largest absolute Gasteiger partial charge is 0.327 e. The van der Waals surface area contributed by atoms with Gasteiger partial charge in [0.1, 0.15) is 0 Å². The van der Waals surface area contributed by atoms with E-state index in [2.05, 4.69) is 29.8 Å². The van der Waals surface area contributed by atoms with Crippen molar-refractivity contribution in [3.8, 4) is 0 Å². The first-order valence-electron chi connectivity index (χ1n) is 5.01. The highest BCUT2D eigenvalue weighted by atomic mass is 15.3. The van der Waals surface area contributed by atoms with E-state index in [-0.39, 0.29) is 0 Å². The van der Waals surface area contributed by atoms with Crippen molar-refractivity contribution >= 4 is 0 Å². The van der Waals surface area contributed by atoms with Crippen LogP contribution in [0.5, 0.6) is 0 Å². The molecule has 3 nitrogen and oxygen atoms in total. The van der Waals surface area contributed by atoms with Crippen molar-refractivity contribution < 1.29 is 0 Å². The number of nitrogens with zero attached hydrogens (tertiary/aromatic N) is 2. The van der Waals surface area contributed by atoms with E-state index in [1.54, 1.807) is 0 Å². The summed E-state index contributed by atoms with van der Waals surface area (Å²) < 4.78 is 0. The fraction of sp³-hybridized carbons (Fsp3) is 0.800. The molecule has 3 heteroatoms. The zero-order valence-electron chi connectivity index (χ0n) is 8.74. The Morgan fingerprint density at radius 1 is 1.38 bits per heavy atom. The van der Waals surface area contributed by atoms with Crippen molar-refractivity contribution in [1.29, 1.82) is 0 Å². The summed E-state index contributed by atoms with van der Waals surface area (Å²) in [4.78, 5) is 4.87. The lowest BCUT2D eigenvalue weighted by molar-refractivity contribution is 0.114. The van der Waals surface area contributed by atoms with Gasteiger partial charge in [-0.25, -0.2) is 0 Å². The van der Waals surface area contributed by atoms with Gasteiger partial charge in [0, 0.05) is 38.8 Å². The topological polar surface area (TPSA) is 32.5 Å². The molecule has 0 bridgehead atoms. The Morgan fingerprint density at radius 3 is 2.77 bits per heavy atom. The summed E-state index contributed by atoms with van der Waals surface area (Å²) in [5.74, 6) is 0. The molecule has 13 heavy (non-hydrogen) atoms. The number of hydrogen-bond acceptors (Lipinski definition) is 3. The van der Waals surface area contributed by atoms with Gasteiger partial charge in [-0.1, -0.05) is 12.2 Å². The van der Waals surface area contributed by atoms with E-state index in [1.165, 1.54) is 19.6 Å². The molecule has 0 aliphatic carbocycles. The van der Waals surface area contributed by atoms with E-state index >= 15 is 0 Å². The molecule has 1 heterocycles. The van der Waals surface area contributed by atoms with Gasteiger partial charge in [-0.15, -0.1) is 0 Å². The van der Waals surface area contributed by atoms with Crippen LogP contribution in [0.4, 0.5) is 0 Å². The van der Waals surface area contributed by atoms with Gasteiger partial charge in [-0.3, -0.25) is 4.90 Å². The number of hydrogen-bond donors (Lipinski definition) is 1. The average molecular weight is 183 g/mol. The third-order valence-electron chi connectivity index (χ3n) is 2.71. The molecule has 1 aliphatic heterocycles. The third kappa shape index (κ3) is 3.46. The highest BCUT2D eigenvalue weighted by Crippen LogP contribution is 2.06. The number of nitrogens with two attached hydrogens (primary N) is 1. The molecule has 2 N–H and O–H groups in total. The SMILES string of the molecule is CC1CN(CC=CCN)CCN1C. The number of rotatable bonds is 3. The van der Waals surface area contributed by atoms with Crippen LogP contribution in [0.1, 0.15) is 6.92 Å². The van der Waals surface area contributed by atoms with Crippen molar-refractivity contribution in [2.75, 3.05) is 39.8 Å². The standard InChI is InChI=1S/C10H21N3/c1-10-9-13(6-4-3-5-11)8-7-12(10)2/h3-4,10H,5-9,11H2,1-2H3. The summed E-state index contributed by atoms with van der Waals surface area (Å²) in [7, 11) is 2.19. The Labute approximate surface area is 81.2 Å². The average Bonchev–Trinajstić information content (AvgIpc) is 2.12. The zero-order chi connectivity index (χ0) is 9.68. The molecular formula is C10H21N3. The molecule has 1 fully saturated rings. The van der Waals surface area contributed by atoms with Crippen molar-refractivity contribution in [2.45, 2.75) is 13.0 Å². The maximum absolute atomic E-state index is 5.38. The Morgan fingerprint density at radius 2 is 2.15 bits per heavy atom. The van der Waals surface area contributed by atoms with Crippen LogP contribution in [0, 0.1) is 0 Å². The summed E-state index contributed by atoms with van der Waals surface area (Å²) in [6.45, 7) is 7.51. The Bertz CT molecular complexity index is 168. The van der Waals surface area contributed by atoms with E-state index < -0.39 is 0 Å². The number of piperazine rings is 1. The predicted octanol–water partition coefficient (Wildman–Crippen LogP) is 0.137. The zero-order valence-corrected chi connectivity index (χ0v) is 8.74. The van der Waals surface area contributed by atoms with Crippen molar-refractivity contribution in [2.24, 2.45) is 5.73 Å². The maximum atomic E-state index is 5.38. The lowest BCUT2D eigenvalue weighted by atomic mass is 10.2. The van der Waals surface area contributed by atoms with E-state index in [0.29, 0.717) is 12.6 Å². The van der Waals surface area contributed by atoms with E-state index in [9.17, 15) is 0 Å². The molecule has 1 unspecified atom stereocenters. The Balaban J connectivity index is 2.25. The van der Waals surface area contributed by atoms with Crippen LogP contribution in [-0.4, -0.2) is 55.6 Å². The monoisotopic (exact) mass is 183 g/mol. The fourth-order valence-corrected chi connectivity index (χ4v) is 1.61. The minimum Gasteiger partial charge on any atom is -0.327 e. The molecule has 1 aliphatic rings. The predicted molar refractivity (Wildman–Crippen MR) is 56.7 cm³/mol. The quantitative estimate of drug-likeness (QED) is 0.632.